The van der Waals surface area contributed by atoms with Crippen molar-refractivity contribution in [2.75, 3.05) is 10.6 Å². The van der Waals surface area contributed by atoms with Crippen LogP contribution in [-0.4, -0.2) is 36.1 Å². The van der Waals surface area contributed by atoms with Gasteiger partial charge in [0.15, 0.2) is 0 Å². The first-order valence-electron chi connectivity index (χ1n) is 9.42. The molecule has 1 atom stereocenters. The van der Waals surface area contributed by atoms with E-state index in [4.69, 9.17) is 4.74 Å². The SMILES string of the molecule is Cc1ccc2nc(COC(=O)c3ccc4c(c3)C[C@H](C)N4S(C)(=O)=O)cc(=O)n2c1. The summed E-state index contributed by atoms with van der Waals surface area (Å²) < 4.78 is 32.2. The molecule has 0 N–H and O–H groups in total. The zero-order valence-electron chi connectivity index (χ0n) is 16.8. The van der Waals surface area contributed by atoms with Crippen molar-refractivity contribution in [3.63, 3.8) is 0 Å². The van der Waals surface area contributed by atoms with E-state index in [1.165, 1.54) is 21.0 Å². The number of aryl methyl sites for hydroxylation is 1. The normalized spacial score (nSPS) is 16.0. The van der Waals surface area contributed by atoms with Crippen molar-refractivity contribution in [2.45, 2.75) is 32.9 Å². The maximum Gasteiger partial charge on any atom is 0.338 e. The van der Waals surface area contributed by atoms with E-state index in [-0.39, 0.29) is 18.2 Å². The van der Waals surface area contributed by atoms with E-state index < -0.39 is 16.0 Å². The fourth-order valence-electron chi connectivity index (χ4n) is 3.79. The lowest BCUT2D eigenvalue weighted by Gasteiger charge is -2.21. The Labute approximate surface area is 173 Å². The summed E-state index contributed by atoms with van der Waals surface area (Å²) in [7, 11) is -3.39. The number of rotatable bonds is 4. The van der Waals surface area contributed by atoms with Crippen molar-refractivity contribution in [1.29, 1.82) is 0 Å². The van der Waals surface area contributed by atoms with Crippen LogP contribution in [-0.2, 0) is 27.8 Å². The summed E-state index contributed by atoms with van der Waals surface area (Å²) in [6, 6.07) is 9.54. The number of hydrogen-bond acceptors (Lipinski definition) is 6. The molecule has 0 aliphatic carbocycles. The van der Waals surface area contributed by atoms with E-state index in [1.807, 2.05) is 19.9 Å². The third-order valence-corrected chi connectivity index (χ3v) is 6.31. The van der Waals surface area contributed by atoms with Gasteiger partial charge in [-0.05, 0) is 55.7 Å². The smallest absolute Gasteiger partial charge is 0.338 e. The van der Waals surface area contributed by atoms with Crippen LogP contribution in [0.3, 0.4) is 0 Å². The van der Waals surface area contributed by atoms with Gasteiger partial charge < -0.3 is 4.74 Å². The molecule has 0 amide bonds. The van der Waals surface area contributed by atoms with Crippen LogP contribution < -0.4 is 9.86 Å². The van der Waals surface area contributed by atoms with E-state index in [0.29, 0.717) is 29.0 Å². The zero-order valence-corrected chi connectivity index (χ0v) is 17.6. The molecule has 0 bridgehead atoms. The van der Waals surface area contributed by atoms with Gasteiger partial charge in [-0.2, -0.15) is 0 Å². The number of carbonyl (C=O) groups excluding carboxylic acids is 1. The van der Waals surface area contributed by atoms with Gasteiger partial charge in [-0.1, -0.05) is 6.07 Å². The second-order valence-electron chi connectivity index (χ2n) is 7.55. The average molecular weight is 427 g/mol. The first kappa shape index (κ1) is 20.1. The highest BCUT2D eigenvalue weighted by atomic mass is 32.2. The molecular formula is C21H21N3O5S. The van der Waals surface area contributed by atoms with Gasteiger partial charge in [-0.15, -0.1) is 0 Å². The van der Waals surface area contributed by atoms with Crippen LogP contribution in [0, 0.1) is 6.92 Å². The molecule has 0 radical (unpaired) electrons. The fraction of sp³-hybridized carbons (Fsp3) is 0.286. The highest BCUT2D eigenvalue weighted by Crippen LogP contribution is 2.34. The zero-order chi connectivity index (χ0) is 21.6. The van der Waals surface area contributed by atoms with Crippen LogP contribution in [0.2, 0.25) is 0 Å². The van der Waals surface area contributed by atoms with Gasteiger partial charge in [0.1, 0.15) is 12.3 Å². The van der Waals surface area contributed by atoms with Crippen molar-refractivity contribution in [1.82, 2.24) is 9.38 Å². The van der Waals surface area contributed by atoms with Crippen LogP contribution in [0.25, 0.3) is 5.65 Å². The molecule has 1 aliphatic rings. The molecule has 8 nitrogen and oxygen atoms in total. The number of benzene rings is 1. The second kappa shape index (κ2) is 7.24. The lowest BCUT2D eigenvalue weighted by Crippen LogP contribution is -2.34. The average Bonchev–Trinajstić information content (AvgIpc) is 3.01. The largest absolute Gasteiger partial charge is 0.456 e. The van der Waals surface area contributed by atoms with Crippen molar-refractivity contribution in [3.05, 3.63) is 75.3 Å². The third-order valence-electron chi connectivity index (χ3n) is 5.04. The first-order chi connectivity index (χ1) is 14.1. The van der Waals surface area contributed by atoms with E-state index in [1.54, 1.807) is 30.5 Å². The van der Waals surface area contributed by atoms with Crippen molar-refractivity contribution in [3.8, 4) is 0 Å². The van der Waals surface area contributed by atoms with Crippen LogP contribution in [0.1, 0.15) is 34.1 Å². The molecule has 0 fully saturated rings. The lowest BCUT2D eigenvalue weighted by molar-refractivity contribution is 0.0467. The molecule has 0 spiro atoms. The van der Waals surface area contributed by atoms with Crippen LogP contribution in [0.5, 0.6) is 0 Å². The number of fused-ring (bicyclic) bond motifs is 2. The third kappa shape index (κ3) is 3.68. The summed E-state index contributed by atoms with van der Waals surface area (Å²) in [5, 5.41) is 0. The lowest BCUT2D eigenvalue weighted by atomic mass is 10.1. The molecule has 0 unspecified atom stereocenters. The number of ether oxygens (including phenoxy) is 1. The number of aromatic nitrogens is 2. The molecule has 3 heterocycles. The quantitative estimate of drug-likeness (QED) is 0.591. The number of pyridine rings is 1. The predicted octanol–water partition coefficient (Wildman–Crippen LogP) is 2.07. The maximum absolute atomic E-state index is 12.5. The Morgan fingerprint density at radius 2 is 2.00 bits per heavy atom. The molecule has 0 saturated heterocycles. The van der Waals surface area contributed by atoms with Gasteiger partial charge in [0.25, 0.3) is 5.56 Å². The van der Waals surface area contributed by atoms with Gasteiger partial charge in [0.05, 0.1) is 23.2 Å². The van der Waals surface area contributed by atoms with Crippen molar-refractivity contribution in [2.24, 2.45) is 0 Å². The highest BCUT2D eigenvalue weighted by Gasteiger charge is 2.32. The highest BCUT2D eigenvalue weighted by molar-refractivity contribution is 7.92. The molecule has 156 valence electrons. The van der Waals surface area contributed by atoms with Gasteiger partial charge >= 0.3 is 5.97 Å². The fourth-order valence-corrected chi connectivity index (χ4v) is 5.05. The number of nitrogens with zero attached hydrogens (tertiary/aromatic N) is 3. The van der Waals surface area contributed by atoms with Gasteiger partial charge in [0, 0.05) is 18.3 Å². The Kier molecular flexibility index (Phi) is 4.85. The van der Waals surface area contributed by atoms with Gasteiger partial charge in [-0.25, -0.2) is 18.2 Å². The Bertz CT molecular complexity index is 1330. The summed E-state index contributed by atoms with van der Waals surface area (Å²) in [6.07, 6.45) is 3.39. The van der Waals surface area contributed by atoms with E-state index in [0.717, 1.165) is 11.1 Å². The Morgan fingerprint density at radius 3 is 2.73 bits per heavy atom. The Hall–Kier alpha value is -3.20. The number of esters is 1. The Balaban J connectivity index is 1.53. The molecule has 9 heteroatoms. The second-order valence-corrected chi connectivity index (χ2v) is 9.41. The van der Waals surface area contributed by atoms with Crippen molar-refractivity contribution >= 4 is 27.3 Å². The maximum atomic E-state index is 12.5. The molecular weight excluding hydrogens is 406 g/mol. The predicted molar refractivity (Wildman–Crippen MR) is 112 cm³/mol. The van der Waals surface area contributed by atoms with Gasteiger partial charge in [-0.3, -0.25) is 13.5 Å². The number of sulfonamides is 1. The topological polar surface area (TPSA) is 98.0 Å². The summed E-state index contributed by atoms with van der Waals surface area (Å²) in [6.45, 7) is 3.57. The monoisotopic (exact) mass is 427 g/mol. The first-order valence-corrected chi connectivity index (χ1v) is 11.3. The Morgan fingerprint density at radius 1 is 1.23 bits per heavy atom. The number of hydrogen-bond donors (Lipinski definition) is 0. The molecule has 4 rings (SSSR count). The van der Waals surface area contributed by atoms with E-state index in [2.05, 4.69) is 4.98 Å². The molecule has 0 saturated carbocycles. The minimum atomic E-state index is -3.39. The number of anilines is 1. The molecule has 1 aromatic carbocycles. The molecule has 30 heavy (non-hydrogen) atoms. The van der Waals surface area contributed by atoms with E-state index in [9.17, 15) is 18.0 Å². The minimum Gasteiger partial charge on any atom is -0.456 e. The molecule has 2 aromatic heterocycles. The van der Waals surface area contributed by atoms with Crippen LogP contribution in [0.15, 0.2) is 47.4 Å². The van der Waals surface area contributed by atoms with Crippen molar-refractivity contribution < 1.29 is 17.9 Å². The summed E-state index contributed by atoms with van der Waals surface area (Å²) in [4.78, 5) is 29.1. The molecule has 1 aliphatic heterocycles. The van der Waals surface area contributed by atoms with Crippen LogP contribution >= 0.6 is 0 Å². The summed E-state index contributed by atoms with van der Waals surface area (Å²) in [5.41, 5.74) is 3.21. The summed E-state index contributed by atoms with van der Waals surface area (Å²) in [5.74, 6) is -0.561. The summed E-state index contributed by atoms with van der Waals surface area (Å²) >= 11 is 0. The van der Waals surface area contributed by atoms with Crippen LogP contribution in [0.4, 0.5) is 5.69 Å². The van der Waals surface area contributed by atoms with Gasteiger partial charge in [0.2, 0.25) is 10.0 Å². The molecule has 3 aromatic rings. The number of carbonyl (C=O) groups is 1. The minimum absolute atomic E-state index is 0.137. The van der Waals surface area contributed by atoms with E-state index >= 15 is 0 Å². The standard InChI is InChI=1S/C21H21N3O5S/c1-13-4-7-19-22-17(10-20(25)23(19)11-13)12-29-21(26)15-5-6-18-16(9-15)8-14(2)24(18)30(3,27)28/h4-7,9-11,14H,8,12H2,1-3H3/t14-/m0/s1.